The zero-order valence-electron chi connectivity index (χ0n) is 12.5. The van der Waals surface area contributed by atoms with E-state index in [1.165, 1.54) is 30.3 Å². The number of hydrogen-bond donors (Lipinski definition) is 4. The van der Waals surface area contributed by atoms with Crippen LogP contribution in [0, 0.1) is 0 Å². The van der Waals surface area contributed by atoms with Crippen LogP contribution in [-0.2, 0) is 11.2 Å². The van der Waals surface area contributed by atoms with Gasteiger partial charge in [-0.3, -0.25) is 4.99 Å². The van der Waals surface area contributed by atoms with Crippen LogP contribution in [0.1, 0.15) is 18.1 Å². The Kier molecular flexibility index (Phi) is 4.85. The van der Waals surface area contributed by atoms with E-state index in [1.54, 1.807) is 19.1 Å². The highest BCUT2D eigenvalue weighted by Gasteiger charge is 2.18. The molecular formula is C17H17NO5. The van der Waals surface area contributed by atoms with Gasteiger partial charge in [0.1, 0.15) is 17.2 Å². The second kappa shape index (κ2) is 6.83. The molecule has 0 bridgehead atoms. The lowest BCUT2D eigenvalue weighted by atomic mass is 10.0. The molecule has 1 atom stereocenters. The molecule has 0 aliphatic rings. The van der Waals surface area contributed by atoms with Crippen molar-refractivity contribution in [3.05, 3.63) is 53.6 Å². The molecule has 0 radical (unpaired) electrons. The van der Waals surface area contributed by atoms with E-state index in [4.69, 9.17) is 0 Å². The lowest BCUT2D eigenvalue weighted by Gasteiger charge is -2.11. The largest absolute Gasteiger partial charge is 0.508 e. The van der Waals surface area contributed by atoms with Crippen molar-refractivity contribution < 1.29 is 25.2 Å². The van der Waals surface area contributed by atoms with E-state index < -0.39 is 12.0 Å². The average Bonchev–Trinajstić information content (AvgIpc) is 2.48. The Bertz CT molecular complexity index is 737. The van der Waals surface area contributed by atoms with Gasteiger partial charge in [0.25, 0.3) is 0 Å². The van der Waals surface area contributed by atoms with Crippen molar-refractivity contribution in [1.82, 2.24) is 0 Å². The maximum Gasteiger partial charge on any atom is 0.328 e. The number of benzene rings is 2. The molecule has 0 aliphatic carbocycles. The molecule has 0 aromatic heterocycles. The summed E-state index contributed by atoms with van der Waals surface area (Å²) in [6, 6.07) is 9.25. The maximum atomic E-state index is 11.4. The SMILES string of the molecule is CC(=NC(Cc1ccc(O)cc1)C(=O)O)c1ccc(O)cc1O. The number of carboxylic acids is 1. The van der Waals surface area contributed by atoms with Gasteiger partial charge in [0.2, 0.25) is 0 Å². The highest BCUT2D eigenvalue weighted by Crippen LogP contribution is 2.23. The molecule has 120 valence electrons. The first-order chi connectivity index (χ1) is 10.9. The van der Waals surface area contributed by atoms with Crippen LogP contribution in [0.25, 0.3) is 0 Å². The van der Waals surface area contributed by atoms with E-state index in [0.717, 1.165) is 5.56 Å². The Morgan fingerprint density at radius 1 is 1.04 bits per heavy atom. The maximum absolute atomic E-state index is 11.4. The van der Waals surface area contributed by atoms with Gasteiger partial charge in [-0.15, -0.1) is 0 Å². The fourth-order valence-corrected chi connectivity index (χ4v) is 2.17. The Morgan fingerprint density at radius 3 is 2.22 bits per heavy atom. The van der Waals surface area contributed by atoms with Crippen LogP contribution in [-0.4, -0.2) is 38.1 Å². The van der Waals surface area contributed by atoms with Gasteiger partial charge < -0.3 is 20.4 Å². The number of carbonyl (C=O) groups is 1. The van der Waals surface area contributed by atoms with Crippen LogP contribution in [0.2, 0.25) is 0 Å². The molecule has 6 nitrogen and oxygen atoms in total. The lowest BCUT2D eigenvalue weighted by Crippen LogP contribution is -2.22. The number of rotatable bonds is 5. The Hall–Kier alpha value is -3.02. The summed E-state index contributed by atoms with van der Waals surface area (Å²) in [6.45, 7) is 1.60. The fourth-order valence-electron chi connectivity index (χ4n) is 2.17. The van der Waals surface area contributed by atoms with Crippen molar-refractivity contribution in [2.45, 2.75) is 19.4 Å². The van der Waals surface area contributed by atoms with Crippen molar-refractivity contribution in [1.29, 1.82) is 0 Å². The minimum Gasteiger partial charge on any atom is -0.508 e. The molecule has 0 amide bonds. The van der Waals surface area contributed by atoms with Gasteiger partial charge in [-0.05, 0) is 36.8 Å². The summed E-state index contributed by atoms with van der Waals surface area (Å²) >= 11 is 0. The Morgan fingerprint density at radius 2 is 1.65 bits per heavy atom. The molecular weight excluding hydrogens is 298 g/mol. The van der Waals surface area contributed by atoms with Crippen LogP contribution in [0.3, 0.4) is 0 Å². The highest BCUT2D eigenvalue weighted by molar-refractivity contribution is 6.02. The average molecular weight is 315 g/mol. The van der Waals surface area contributed by atoms with Crippen LogP contribution < -0.4 is 0 Å². The van der Waals surface area contributed by atoms with Gasteiger partial charge in [0.05, 0.1) is 0 Å². The number of phenols is 3. The molecule has 0 fully saturated rings. The smallest absolute Gasteiger partial charge is 0.328 e. The zero-order valence-corrected chi connectivity index (χ0v) is 12.5. The predicted octanol–water partition coefficient (Wildman–Crippen LogP) is 2.31. The minimum atomic E-state index is -1.09. The molecule has 2 aromatic rings. The Labute approximate surface area is 133 Å². The normalized spacial score (nSPS) is 12.8. The third-order valence-corrected chi connectivity index (χ3v) is 3.37. The summed E-state index contributed by atoms with van der Waals surface area (Å²) < 4.78 is 0. The van der Waals surface area contributed by atoms with Gasteiger partial charge >= 0.3 is 5.97 Å². The first-order valence-corrected chi connectivity index (χ1v) is 6.94. The molecule has 0 spiro atoms. The molecule has 0 saturated heterocycles. The highest BCUT2D eigenvalue weighted by atomic mass is 16.4. The fraction of sp³-hybridized carbons (Fsp3) is 0.176. The van der Waals surface area contributed by atoms with E-state index in [2.05, 4.69) is 4.99 Å². The minimum absolute atomic E-state index is 0.0853. The quantitative estimate of drug-likeness (QED) is 0.633. The van der Waals surface area contributed by atoms with Crippen LogP contribution in [0.15, 0.2) is 47.5 Å². The number of aliphatic carboxylic acids is 1. The topological polar surface area (TPSA) is 110 Å². The first kappa shape index (κ1) is 16.4. The summed E-state index contributed by atoms with van der Waals surface area (Å²) in [5.74, 6) is -1.23. The summed E-state index contributed by atoms with van der Waals surface area (Å²) in [4.78, 5) is 15.6. The van der Waals surface area contributed by atoms with E-state index in [9.17, 15) is 25.2 Å². The summed E-state index contributed by atoms with van der Waals surface area (Å²) in [7, 11) is 0. The van der Waals surface area contributed by atoms with Crippen LogP contribution in [0.5, 0.6) is 17.2 Å². The van der Waals surface area contributed by atoms with E-state index in [1.807, 2.05) is 0 Å². The van der Waals surface area contributed by atoms with Crippen LogP contribution in [0.4, 0.5) is 0 Å². The Balaban J connectivity index is 2.26. The standard InChI is InChI=1S/C17H17NO5/c1-10(14-7-6-13(20)9-16(14)21)18-15(17(22)23)8-11-2-4-12(19)5-3-11/h2-7,9,15,19-21H,8H2,1H3,(H,22,23). The molecule has 0 saturated carbocycles. The van der Waals surface area contributed by atoms with E-state index in [0.29, 0.717) is 11.3 Å². The van der Waals surface area contributed by atoms with Crippen LogP contribution >= 0.6 is 0 Å². The number of carboxylic acid groups (broad SMARTS) is 1. The monoisotopic (exact) mass is 315 g/mol. The summed E-state index contributed by atoms with van der Waals surface area (Å²) in [5.41, 5.74) is 1.44. The number of aliphatic imine (C=N–C) groups is 1. The molecule has 4 N–H and O–H groups in total. The van der Waals surface area contributed by atoms with E-state index >= 15 is 0 Å². The molecule has 0 heterocycles. The van der Waals surface area contributed by atoms with E-state index in [-0.39, 0.29) is 23.7 Å². The lowest BCUT2D eigenvalue weighted by molar-refractivity contribution is -0.138. The molecule has 2 rings (SSSR count). The number of hydrogen-bond acceptors (Lipinski definition) is 5. The van der Waals surface area contributed by atoms with Gasteiger partial charge in [-0.1, -0.05) is 12.1 Å². The third-order valence-electron chi connectivity index (χ3n) is 3.37. The number of phenolic OH excluding ortho intramolecular Hbond substituents is 3. The molecule has 6 heteroatoms. The summed E-state index contributed by atoms with van der Waals surface area (Å²) in [5, 5.41) is 37.7. The van der Waals surface area contributed by atoms with Gasteiger partial charge in [0.15, 0.2) is 6.04 Å². The predicted molar refractivity (Wildman–Crippen MR) is 85.2 cm³/mol. The van der Waals surface area contributed by atoms with Crippen molar-refractivity contribution >= 4 is 11.7 Å². The third kappa shape index (κ3) is 4.23. The zero-order chi connectivity index (χ0) is 17.0. The summed E-state index contributed by atoms with van der Waals surface area (Å²) in [6.07, 6.45) is 0.159. The molecule has 1 unspecified atom stereocenters. The van der Waals surface area contributed by atoms with Crippen molar-refractivity contribution in [3.8, 4) is 17.2 Å². The number of aromatic hydroxyl groups is 3. The second-order valence-corrected chi connectivity index (χ2v) is 5.14. The molecule has 0 aliphatic heterocycles. The van der Waals surface area contributed by atoms with Crippen molar-refractivity contribution in [2.75, 3.05) is 0 Å². The molecule has 2 aromatic carbocycles. The first-order valence-electron chi connectivity index (χ1n) is 6.94. The second-order valence-electron chi connectivity index (χ2n) is 5.14. The van der Waals surface area contributed by atoms with Gasteiger partial charge in [-0.2, -0.15) is 0 Å². The van der Waals surface area contributed by atoms with Crippen molar-refractivity contribution in [2.24, 2.45) is 4.99 Å². The van der Waals surface area contributed by atoms with Crippen molar-refractivity contribution in [3.63, 3.8) is 0 Å². The molecule has 23 heavy (non-hydrogen) atoms. The van der Waals surface area contributed by atoms with Gasteiger partial charge in [-0.25, -0.2) is 4.79 Å². The number of nitrogens with zero attached hydrogens (tertiary/aromatic N) is 1. The van der Waals surface area contributed by atoms with Gasteiger partial charge in [0, 0.05) is 23.8 Å².